The fourth-order valence-corrected chi connectivity index (χ4v) is 1.53. The van der Waals surface area contributed by atoms with Crippen LogP contribution in [-0.2, 0) is 9.53 Å². The second-order valence-corrected chi connectivity index (χ2v) is 3.68. The Bertz CT molecular complexity index is 404. The van der Waals surface area contributed by atoms with Crippen LogP contribution < -0.4 is 0 Å². The molecule has 0 fully saturated rings. The Labute approximate surface area is 94.4 Å². The molecule has 15 heavy (non-hydrogen) atoms. The lowest BCUT2D eigenvalue weighted by molar-refractivity contribution is -0.139. The predicted octanol–water partition coefficient (Wildman–Crippen LogP) is 2.33. The van der Waals surface area contributed by atoms with Gasteiger partial charge in [-0.15, -0.1) is 0 Å². The van der Waals surface area contributed by atoms with Crippen LogP contribution in [0.4, 0.5) is 4.39 Å². The minimum absolute atomic E-state index is 0.289. The maximum atomic E-state index is 12.7. The molecule has 0 aliphatic carbocycles. The molecule has 0 aromatic heterocycles. The third-order valence-electron chi connectivity index (χ3n) is 1.64. The summed E-state index contributed by atoms with van der Waals surface area (Å²) in [5.41, 5.74) is 0.289. The summed E-state index contributed by atoms with van der Waals surface area (Å²) in [6, 6.07) is 3.69. The molecule has 80 valence electrons. The SMILES string of the molecule is CC(=O)OCC(=O)c1ccc(F)cc1Br. The molecule has 0 amide bonds. The number of carbonyl (C=O) groups is 2. The summed E-state index contributed by atoms with van der Waals surface area (Å²) in [5, 5.41) is 0. The second-order valence-electron chi connectivity index (χ2n) is 2.83. The zero-order chi connectivity index (χ0) is 11.4. The molecule has 0 atom stereocenters. The second kappa shape index (κ2) is 5.02. The van der Waals surface area contributed by atoms with Gasteiger partial charge in [-0.05, 0) is 34.1 Å². The highest BCUT2D eigenvalue weighted by molar-refractivity contribution is 9.10. The van der Waals surface area contributed by atoms with E-state index in [9.17, 15) is 14.0 Å². The highest BCUT2D eigenvalue weighted by atomic mass is 79.9. The summed E-state index contributed by atoms with van der Waals surface area (Å²) in [4.78, 5) is 21.9. The number of Topliss-reactive ketones (excluding diaryl/α,β-unsaturated/α-hetero) is 1. The zero-order valence-corrected chi connectivity index (χ0v) is 9.51. The van der Waals surface area contributed by atoms with Crippen LogP contribution in [0.1, 0.15) is 17.3 Å². The van der Waals surface area contributed by atoms with Crippen molar-refractivity contribution in [1.29, 1.82) is 0 Å². The topological polar surface area (TPSA) is 43.4 Å². The van der Waals surface area contributed by atoms with Crippen molar-refractivity contribution in [2.24, 2.45) is 0 Å². The lowest BCUT2D eigenvalue weighted by Crippen LogP contribution is -2.12. The number of esters is 1. The summed E-state index contributed by atoms with van der Waals surface area (Å²) in [6.45, 7) is 0.881. The van der Waals surface area contributed by atoms with Crippen molar-refractivity contribution in [3.05, 3.63) is 34.1 Å². The number of benzene rings is 1. The van der Waals surface area contributed by atoms with Gasteiger partial charge in [-0.1, -0.05) is 0 Å². The molecule has 0 N–H and O–H groups in total. The van der Waals surface area contributed by atoms with Crippen LogP contribution in [0.15, 0.2) is 22.7 Å². The number of carbonyl (C=O) groups excluding carboxylic acids is 2. The number of rotatable bonds is 3. The van der Waals surface area contributed by atoms with E-state index >= 15 is 0 Å². The highest BCUT2D eigenvalue weighted by Gasteiger charge is 2.11. The Morgan fingerprint density at radius 2 is 2.13 bits per heavy atom. The summed E-state index contributed by atoms with van der Waals surface area (Å²) < 4.78 is 17.6. The van der Waals surface area contributed by atoms with E-state index in [0.717, 1.165) is 0 Å². The summed E-state index contributed by atoms with van der Waals surface area (Å²) >= 11 is 3.05. The zero-order valence-electron chi connectivity index (χ0n) is 7.92. The van der Waals surface area contributed by atoms with Crippen LogP contribution in [-0.4, -0.2) is 18.4 Å². The van der Waals surface area contributed by atoms with E-state index in [2.05, 4.69) is 20.7 Å². The van der Waals surface area contributed by atoms with E-state index in [1.165, 1.54) is 25.1 Å². The van der Waals surface area contributed by atoms with Gasteiger partial charge in [-0.3, -0.25) is 9.59 Å². The van der Waals surface area contributed by atoms with Crippen LogP contribution in [0.25, 0.3) is 0 Å². The van der Waals surface area contributed by atoms with Crippen molar-refractivity contribution in [2.45, 2.75) is 6.92 Å². The van der Waals surface area contributed by atoms with E-state index in [0.29, 0.717) is 4.47 Å². The van der Waals surface area contributed by atoms with Crippen molar-refractivity contribution in [2.75, 3.05) is 6.61 Å². The van der Waals surface area contributed by atoms with Crippen molar-refractivity contribution < 1.29 is 18.7 Å². The van der Waals surface area contributed by atoms with Gasteiger partial charge >= 0.3 is 5.97 Å². The number of hydrogen-bond donors (Lipinski definition) is 0. The molecule has 3 nitrogen and oxygen atoms in total. The van der Waals surface area contributed by atoms with Gasteiger partial charge < -0.3 is 4.74 Å². The van der Waals surface area contributed by atoms with Gasteiger partial charge in [0.15, 0.2) is 6.61 Å². The van der Waals surface area contributed by atoms with Crippen molar-refractivity contribution >= 4 is 27.7 Å². The van der Waals surface area contributed by atoms with Gasteiger partial charge in [0.1, 0.15) is 5.82 Å². The minimum atomic E-state index is -0.526. The fourth-order valence-electron chi connectivity index (χ4n) is 0.961. The molecule has 1 aromatic rings. The smallest absolute Gasteiger partial charge is 0.303 e. The Morgan fingerprint density at radius 3 is 2.67 bits per heavy atom. The molecule has 1 aromatic carbocycles. The molecule has 0 bridgehead atoms. The van der Waals surface area contributed by atoms with E-state index < -0.39 is 11.8 Å². The van der Waals surface area contributed by atoms with Crippen molar-refractivity contribution in [1.82, 2.24) is 0 Å². The quantitative estimate of drug-likeness (QED) is 0.628. The van der Waals surface area contributed by atoms with Crippen molar-refractivity contribution in [3.8, 4) is 0 Å². The first-order chi connectivity index (χ1) is 7.00. The first-order valence-electron chi connectivity index (χ1n) is 4.12. The average Bonchev–Trinajstić information content (AvgIpc) is 2.14. The molecule has 0 radical (unpaired) electrons. The lowest BCUT2D eigenvalue weighted by atomic mass is 10.1. The van der Waals surface area contributed by atoms with Gasteiger partial charge in [0.25, 0.3) is 0 Å². The number of hydrogen-bond acceptors (Lipinski definition) is 3. The molecular formula is C10H8BrFO3. The highest BCUT2D eigenvalue weighted by Crippen LogP contribution is 2.18. The maximum Gasteiger partial charge on any atom is 0.303 e. The van der Waals surface area contributed by atoms with Crippen LogP contribution in [0.3, 0.4) is 0 Å². The number of ketones is 1. The first-order valence-corrected chi connectivity index (χ1v) is 4.91. The number of halogens is 2. The Kier molecular flexibility index (Phi) is 3.96. The van der Waals surface area contributed by atoms with Gasteiger partial charge in [-0.25, -0.2) is 4.39 Å². The first kappa shape index (κ1) is 11.8. The molecule has 5 heteroatoms. The Balaban J connectivity index is 2.78. The van der Waals surface area contributed by atoms with Crippen LogP contribution in [0.5, 0.6) is 0 Å². The minimum Gasteiger partial charge on any atom is -0.457 e. The predicted molar refractivity (Wildman–Crippen MR) is 55.1 cm³/mol. The van der Waals surface area contributed by atoms with E-state index in [4.69, 9.17) is 0 Å². The van der Waals surface area contributed by atoms with E-state index in [1.807, 2.05) is 0 Å². The van der Waals surface area contributed by atoms with E-state index in [-0.39, 0.29) is 18.0 Å². The van der Waals surface area contributed by atoms with Crippen LogP contribution >= 0.6 is 15.9 Å². The molecular weight excluding hydrogens is 267 g/mol. The molecule has 1 rings (SSSR count). The van der Waals surface area contributed by atoms with Gasteiger partial charge in [0.2, 0.25) is 5.78 Å². The Morgan fingerprint density at radius 1 is 1.47 bits per heavy atom. The largest absolute Gasteiger partial charge is 0.457 e. The van der Waals surface area contributed by atoms with E-state index in [1.54, 1.807) is 0 Å². The average molecular weight is 275 g/mol. The number of ether oxygens (including phenoxy) is 1. The lowest BCUT2D eigenvalue weighted by Gasteiger charge is -2.03. The van der Waals surface area contributed by atoms with Crippen LogP contribution in [0, 0.1) is 5.82 Å². The molecule has 0 unspecified atom stereocenters. The van der Waals surface area contributed by atoms with Gasteiger partial charge in [-0.2, -0.15) is 0 Å². The van der Waals surface area contributed by atoms with Gasteiger partial charge in [0.05, 0.1) is 0 Å². The van der Waals surface area contributed by atoms with Crippen molar-refractivity contribution in [3.63, 3.8) is 0 Å². The standard InChI is InChI=1S/C10H8BrFO3/c1-6(13)15-5-10(14)8-3-2-7(12)4-9(8)11/h2-4H,5H2,1H3. The summed E-state index contributed by atoms with van der Waals surface area (Å²) in [7, 11) is 0. The summed E-state index contributed by atoms with van der Waals surface area (Å²) in [6.07, 6.45) is 0. The molecule has 0 aliphatic heterocycles. The van der Waals surface area contributed by atoms with Crippen LogP contribution in [0.2, 0.25) is 0 Å². The third-order valence-corrected chi connectivity index (χ3v) is 2.29. The monoisotopic (exact) mass is 274 g/mol. The molecule has 0 aliphatic rings. The fraction of sp³-hybridized carbons (Fsp3) is 0.200. The van der Waals surface area contributed by atoms with Gasteiger partial charge in [0, 0.05) is 17.0 Å². The Hall–Kier alpha value is -1.23. The molecule has 0 spiro atoms. The third kappa shape index (κ3) is 3.43. The molecule has 0 heterocycles. The molecule has 0 saturated heterocycles. The maximum absolute atomic E-state index is 12.7. The molecule has 0 saturated carbocycles. The normalized spacial score (nSPS) is 9.80. The summed E-state index contributed by atoms with van der Waals surface area (Å²) in [5.74, 6) is -1.34.